The van der Waals surface area contributed by atoms with E-state index in [1.807, 2.05) is 42.5 Å². The van der Waals surface area contributed by atoms with Crippen LogP contribution in [-0.2, 0) is 16.1 Å². The lowest BCUT2D eigenvalue weighted by Crippen LogP contribution is -2.26. The van der Waals surface area contributed by atoms with Crippen LogP contribution in [0.25, 0.3) is 11.1 Å². The maximum atomic E-state index is 12.3. The van der Waals surface area contributed by atoms with Gasteiger partial charge in [0.15, 0.2) is 0 Å². The van der Waals surface area contributed by atoms with E-state index in [1.54, 1.807) is 36.2 Å². The van der Waals surface area contributed by atoms with Crippen molar-refractivity contribution < 1.29 is 19.5 Å². The van der Waals surface area contributed by atoms with Crippen molar-refractivity contribution in [2.75, 3.05) is 12.4 Å². The van der Waals surface area contributed by atoms with Gasteiger partial charge in [-0.2, -0.15) is 0 Å². The molecule has 0 spiro atoms. The lowest BCUT2D eigenvalue weighted by Gasteiger charge is -2.18. The minimum absolute atomic E-state index is 0.0266. The number of carboxylic acids is 1. The molecule has 0 atom stereocenters. The van der Waals surface area contributed by atoms with Crippen LogP contribution in [0.15, 0.2) is 72.8 Å². The second-order valence-corrected chi connectivity index (χ2v) is 8.06. The molecule has 2 N–H and O–H groups in total. The first-order chi connectivity index (χ1) is 15.8. The van der Waals surface area contributed by atoms with Crippen molar-refractivity contribution >= 4 is 29.0 Å². The largest absolute Gasteiger partial charge is 0.478 e. The first-order valence-electron chi connectivity index (χ1n) is 10.9. The second kappa shape index (κ2) is 11.1. The third-order valence-corrected chi connectivity index (χ3v) is 5.35. The molecule has 33 heavy (non-hydrogen) atoms. The van der Waals surface area contributed by atoms with Crippen LogP contribution in [0.5, 0.6) is 0 Å². The van der Waals surface area contributed by atoms with Crippen molar-refractivity contribution in [2.45, 2.75) is 32.7 Å². The molecule has 0 aliphatic heterocycles. The highest BCUT2D eigenvalue weighted by atomic mass is 16.4. The van der Waals surface area contributed by atoms with Gasteiger partial charge in [-0.05, 0) is 60.4 Å². The van der Waals surface area contributed by atoms with E-state index in [0.29, 0.717) is 31.5 Å². The molecule has 6 nitrogen and oxygen atoms in total. The fourth-order valence-electron chi connectivity index (χ4n) is 3.57. The second-order valence-electron chi connectivity index (χ2n) is 8.06. The Morgan fingerprint density at radius 1 is 0.879 bits per heavy atom. The number of Topliss-reactive ketones (excluding diaryl/α,β-unsaturated/α-hetero) is 1. The van der Waals surface area contributed by atoms with E-state index in [2.05, 4.69) is 11.4 Å². The van der Waals surface area contributed by atoms with Crippen LogP contribution in [0.3, 0.4) is 0 Å². The van der Waals surface area contributed by atoms with E-state index in [9.17, 15) is 19.5 Å². The smallest absolute Gasteiger partial charge is 0.337 e. The minimum atomic E-state index is -0.978. The number of carbonyl (C=O) groups excluding carboxylic acids is 2. The zero-order valence-electron chi connectivity index (χ0n) is 18.9. The quantitative estimate of drug-likeness (QED) is 0.430. The van der Waals surface area contributed by atoms with Crippen molar-refractivity contribution in [2.24, 2.45) is 0 Å². The van der Waals surface area contributed by atoms with Crippen molar-refractivity contribution in [1.82, 2.24) is 4.90 Å². The molecule has 6 heteroatoms. The number of amides is 1. The third kappa shape index (κ3) is 6.77. The number of rotatable bonds is 10. The molecule has 0 unspecified atom stereocenters. The summed E-state index contributed by atoms with van der Waals surface area (Å²) < 4.78 is 0. The normalized spacial score (nSPS) is 10.5. The Labute approximate surface area is 193 Å². The van der Waals surface area contributed by atoms with Gasteiger partial charge in [0.05, 0.1) is 11.3 Å². The summed E-state index contributed by atoms with van der Waals surface area (Å²) in [6.45, 7) is 2.04. The summed E-state index contributed by atoms with van der Waals surface area (Å²) in [5.41, 5.74) is 4.61. The number of ketones is 1. The Balaban J connectivity index is 1.66. The molecule has 0 aliphatic carbocycles. The molecule has 0 saturated heterocycles. The lowest BCUT2D eigenvalue weighted by molar-refractivity contribution is -0.130. The van der Waals surface area contributed by atoms with Gasteiger partial charge in [-0.3, -0.25) is 4.79 Å². The van der Waals surface area contributed by atoms with Gasteiger partial charge in [0.25, 0.3) is 0 Å². The summed E-state index contributed by atoms with van der Waals surface area (Å²) in [5.74, 6) is -0.849. The zero-order chi connectivity index (χ0) is 23.8. The van der Waals surface area contributed by atoms with Crippen molar-refractivity contribution in [3.05, 3.63) is 83.9 Å². The molecule has 0 heterocycles. The molecule has 3 rings (SSSR count). The van der Waals surface area contributed by atoms with E-state index in [4.69, 9.17) is 0 Å². The van der Waals surface area contributed by atoms with E-state index in [1.165, 1.54) is 6.92 Å². The first-order valence-corrected chi connectivity index (χ1v) is 10.9. The number of carbonyl (C=O) groups is 3. The maximum Gasteiger partial charge on any atom is 0.337 e. The van der Waals surface area contributed by atoms with Gasteiger partial charge in [-0.15, -0.1) is 0 Å². The maximum absolute atomic E-state index is 12.3. The van der Waals surface area contributed by atoms with E-state index in [-0.39, 0.29) is 17.3 Å². The monoisotopic (exact) mass is 444 g/mol. The summed E-state index contributed by atoms with van der Waals surface area (Å²) in [6, 6.07) is 22.6. The van der Waals surface area contributed by atoms with Crippen LogP contribution in [0.2, 0.25) is 0 Å². The third-order valence-electron chi connectivity index (χ3n) is 5.35. The molecule has 0 fully saturated rings. The van der Waals surface area contributed by atoms with Crippen LogP contribution in [0.1, 0.15) is 42.1 Å². The van der Waals surface area contributed by atoms with Gasteiger partial charge in [0.1, 0.15) is 5.78 Å². The molecule has 170 valence electrons. The summed E-state index contributed by atoms with van der Waals surface area (Å²) in [4.78, 5) is 36.5. The number of nitrogens with zero attached hydrogens (tertiary/aromatic N) is 1. The number of benzene rings is 3. The summed E-state index contributed by atoms with van der Waals surface area (Å²) >= 11 is 0. The molecule has 0 aromatic heterocycles. The average molecular weight is 445 g/mol. The number of hydrogen-bond donors (Lipinski definition) is 2. The van der Waals surface area contributed by atoms with Gasteiger partial charge in [-0.25, -0.2) is 4.79 Å². The molecule has 0 radical (unpaired) electrons. The van der Waals surface area contributed by atoms with Gasteiger partial charge in [0.2, 0.25) is 5.91 Å². The summed E-state index contributed by atoms with van der Waals surface area (Å²) in [6.07, 6.45) is 1.38. The zero-order valence-corrected chi connectivity index (χ0v) is 18.9. The molecule has 0 saturated carbocycles. The SMILES string of the molecule is CC(=O)CCCC(=O)N(C)Cc1cccc(-c2ccc(Nc3ccccc3C(=O)O)cc2)c1. The van der Waals surface area contributed by atoms with Gasteiger partial charge < -0.3 is 20.1 Å². The molecule has 0 bridgehead atoms. The molecular formula is C27H28N2O4. The highest BCUT2D eigenvalue weighted by molar-refractivity contribution is 5.95. The van der Waals surface area contributed by atoms with E-state index >= 15 is 0 Å². The van der Waals surface area contributed by atoms with Gasteiger partial charge >= 0.3 is 5.97 Å². The van der Waals surface area contributed by atoms with Crippen LogP contribution < -0.4 is 5.32 Å². The molecule has 1 amide bonds. The Kier molecular flexibility index (Phi) is 7.97. The number of para-hydroxylation sites is 1. The first kappa shape index (κ1) is 23.7. The average Bonchev–Trinajstić information content (AvgIpc) is 2.79. The summed E-state index contributed by atoms with van der Waals surface area (Å²) in [7, 11) is 1.78. The topological polar surface area (TPSA) is 86.7 Å². The van der Waals surface area contributed by atoms with Crippen molar-refractivity contribution in [3.63, 3.8) is 0 Å². The Hall–Kier alpha value is -3.93. The molecule has 3 aromatic rings. The molecular weight excluding hydrogens is 416 g/mol. The number of hydrogen-bond acceptors (Lipinski definition) is 4. The van der Waals surface area contributed by atoms with Gasteiger partial charge in [-0.1, -0.05) is 42.5 Å². The predicted octanol–water partition coefficient (Wildman–Crippen LogP) is 5.51. The van der Waals surface area contributed by atoms with Crippen LogP contribution in [0.4, 0.5) is 11.4 Å². The van der Waals surface area contributed by atoms with Crippen LogP contribution in [-0.4, -0.2) is 34.7 Å². The van der Waals surface area contributed by atoms with Crippen LogP contribution >= 0.6 is 0 Å². The number of aromatic carboxylic acids is 1. The number of anilines is 2. The Morgan fingerprint density at radius 3 is 2.30 bits per heavy atom. The highest BCUT2D eigenvalue weighted by Gasteiger charge is 2.11. The predicted molar refractivity (Wildman–Crippen MR) is 130 cm³/mol. The Bertz CT molecular complexity index is 1140. The molecule has 3 aromatic carbocycles. The number of nitrogens with one attached hydrogen (secondary N) is 1. The lowest BCUT2D eigenvalue weighted by atomic mass is 10.0. The number of carboxylic acid groups (broad SMARTS) is 1. The van der Waals surface area contributed by atoms with E-state index in [0.717, 1.165) is 22.4 Å². The summed E-state index contributed by atoms with van der Waals surface area (Å²) in [5, 5.41) is 12.5. The highest BCUT2D eigenvalue weighted by Crippen LogP contribution is 2.26. The Morgan fingerprint density at radius 2 is 1.61 bits per heavy atom. The van der Waals surface area contributed by atoms with Gasteiger partial charge in [0, 0.05) is 32.1 Å². The minimum Gasteiger partial charge on any atom is -0.478 e. The van der Waals surface area contributed by atoms with Crippen molar-refractivity contribution in [3.8, 4) is 11.1 Å². The fourth-order valence-corrected chi connectivity index (χ4v) is 3.57. The van der Waals surface area contributed by atoms with Crippen LogP contribution in [0, 0.1) is 0 Å². The molecule has 0 aliphatic rings. The van der Waals surface area contributed by atoms with E-state index < -0.39 is 5.97 Å². The standard InChI is InChI=1S/C27H28N2O4/c1-19(30)7-5-12-26(31)29(2)18-20-8-6-9-22(17-20)21-13-15-23(16-14-21)28-25-11-4-3-10-24(25)27(32)33/h3-4,6,8-11,13-17,28H,5,7,12,18H2,1-2H3,(H,32,33). The van der Waals surface area contributed by atoms with Crippen molar-refractivity contribution in [1.29, 1.82) is 0 Å². The fraction of sp³-hybridized carbons (Fsp3) is 0.222.